The third-order valence-corrected chi connectivity index (χ3v) is 4.72. The van der Waals surface area contributed by atoms with Gasteiger partial charge >= 0.3 is 5.97 Å². The summed E-state index contributed by atoms with van der Waals surface area (Å²) in [4.78, 5) is 11.5. The zero-order valence-electron chi connectivity index (χ0n) is 12.2. The molecule has 0 spiro atoms. The number of rotatable bonds is 5. The number of benzene rings is 2. The third kappa shape index (κ3) is 3.18. The number of hydrogen-bond acceptors (Lipinski definition) is 4. The number of aryl methyl sites for hydroxylation is 1. The molecule has 5 nitrogen and oxygen atoms in total. The number of carbonyl (C=O) groups is 1. The van der Waals surface area contributed by atoms with E-state index in [-0.39, 0.29) is 10.5 Å². The fraction of sp³-hybridized carbons (Fsp3) is 0.188. The van der Waals surface area contributed by atoms with Crippen LogP contribution in [0.4, 0.5) is 0 Å². The first-order valence-electron chi connectivity index (χ1n) is 6.57. The van der Waals surface area contributed by atoms with Crippen LogP contribution in [0.1, 0.15) is 18.1 Å². The number of carboxylic acids is 1. The molecule has 116 valence electrons. The molecule has 0 aliphatic carbocycles. The maximum Gasteiger partial charge on any atom is 0.341 e. The molecule has 22 heavy (non-hydrogen) atoms. The van der Waals surface area contributed by atoms with Gasteiger partial charge in [0.05, 0.1) is 4.90 Å². The highest BCUT2D eigenvalue weighted by Gasteiger charge is 2.41. The van der Waals surface area contributed by atoms with Gasteiger partial charge in [-0.05, 0) is 31.5 Å². The fourth-order valence-electron chi connectivity index (χ4n) is 1.94. The van der Waals surface area contributed by atoms with E-state index in [9.17, 15) is 18.3 Å². The van der Waals surface area contributed by atoms with E-state index >= 15 is 0 Å². The Bertz CT molecular complexity index is 766. The molecule has 1 atom stereocenters. The second kappa shape index (κ2) is 5.90. The highest BCUT2D eigenvalue weighted by Crippen LogP contribution is 2.30. The van der Waals surface area contributed by atoms with Crippen molar-refractivity contribution < 1.29 is 22.5 Å². The summed E-state index contributed by atoms with van der Waals surface area (Å²) in [6, 6.07) is 14.0. The highest BCUT2D eigenvalue weighted by atomic mass is 32.2. The van der Waals surface area contributed by atoms with Gasteiger partial charge in [-0.2, -0.15) is 8.42 Å². The number of carboxylic acid groups (broad SMARTS) is 1. The van der Waals surface area contributed by atoms with Crippen LogP contribution in [0.25, 0.3) is 0 Å². The van der Waals surface area contributed by atoms with Crippen molar-refractivity contribution in [3.63, 3.8) is 0 Å². The highest BCUT2D eigenvalue weighted by molar-refractivity contribution is 7.86. The Balaban J connectivity index is 2.44. The Morgan fingerprint density at radius 3 is 2.09 bits per heavy atom. The quantitative estimate of drug-likeness (QED) is 0.857. The summed E-state index contributed by atoms with van der Waals surface area (Å²) >= 11 is 0. The van der Waals surface area contributed by atoms with Crippen LogP contribution in [0.3, 0.4) is 0 Å². The van der Waals surface area contributed by atoms with Crippen molar-refractivity contribution in [3.05, 3.63) is 65.7 Å². The van der Waals surface area contributed by atoms with Crippen molar-refractivity contribution in [1.29, 1.82) is 0 Å². The van der Waals surface area contributed by atoms with Crippen molar-refractivity contribution in [2.75, 3.05) is 0 Å². The van der Waals surface area contributed by atoms with Gasteiger partial charge in [0.1, 0.15) is 0 Å². The van der Waals surface area contributed by atoms with Crippen LogP contribution in [0.5, 0.6) is 0 Å². The van der Waals surface area contributed by atoms with Crippen LogP contribution in [0.15, 0.2) is 59.5 Å². The standard InChI is InChI=1S/C16H16O5S/c1-12-8-10-14(11-9-12)22(19,20)21-16(2,15(17)18)13-6-4-3-5-7-13/h3-11H,1-2H3,(H,17,18)/t16-/m1/s1. The lowest BCUT2D eigenvalue weighted by Gasteiger charge is -2.25. The van der Waals surface area contributed by atoms with E-state index in [4.69, 9.17) is 4.18 Å². The summed E-state index contributed by atoms with van der Waals surface area (Å²) in [5.74, 6) is -1.38. The van der Waals surface area contributed by atoms with Gasteiger partial charge in [0.2, 0.25) is 5.60 Å². The van der Waals surface area contributed by atoms with Crippen molar-refractivity contribution in [2.24, 2.45) is 0 Å². The molecule has 0 saturated carbocycles. The predicted octanol–water partition coefficient (Wildman–Crippen LogP) is 2.70. The van der Waals surface area contributed by atoms with Crippen LogP contribution in [0.2, 0.25) is 0 Å². The molecule has 2 aromatic rings. The van der Waals surface area contributed by atoms with E-state index in [0.29, 0.717) is 0 Å². The Morgan fingerprint density at radius 2 is 1.59 bits per heavy atom. The maximum atomic E-state index is 12.4. The second-order valence-corrected chi connectivity index (χ2v) is 6.60. The second-order valence-electron chi connectivity index (χ2n) is 5.05. The third-order valence-electron chi connectivity index (χ3n) is 3.32. The van der Waals surface area contributed by atoms with Crippen LogP contribution < -0.4 is 0 Å². The average Bonchev–Trinajstić information content (AvgIpc) is 2.48. The molecule has 0 aliphatic rings. The Kier molecular flexibility index (Phi) is 4.35. The lowest BCUT2D eigenvalue weighted by molar-refractivity contribution is -0.154. The van der Waals surface area contributed by atoms with Gasteiger partial charge in [0.25, 0.3) is 10.1 Å². The molecular formula is C16H16O5S. The molecule has 6 heteroatoms. The Morgan fingerprint density at radius 1 is 1.05 bits per heavy atom. The summed E-state index contributed by atoms with van der Waals surface area (Å²) in [7, 11) is -4.21. The fourth-order valence-corrected chi connectivity index (χ4v) is 3.11. The summed E-state index contributed by atoms with van der Waals surface area (Å²) in [6.07, 6.45) is 0. The minimum absolute atomic E-state index is 0.0819. The molecule has 2 aromatic carbocycles. The summed E-state index contributed by atoms with van der Waals surface area (Å²) in [5, 5.41) is 9.45. The smallest absolute Gasteiger partial charge is 0.341 e. The topological polar surface area (TPSA) is 80.7 Å². The van der Waals surface area contributed by atoms with Gasteiger partial charge < -0.3 is 5.11 Å². The van der Waals surface area contributed by atoms with Gasteiger partial charge in [-0.15, -0.1) is 0 Å². The van der Waals surface area contributed by atoms with Crippen LogP contribution >= 0.6 is 0 Å². The van der Waals surface area contributed by atoms with E-state index in [1.807, 2.05) is 6.92 Å². The van der Waals surface area contributed by atoms with E-state index in [0.717, 1.165) is 5.56 Å². The monoisotopic (exact) mass is 320 g/mol. The summed E-state index contributed by atoms with van der Waals surface area (Å²) in [6.45, 7) is 3.04. The maximum absolute atomic E-state index is 12.4. The number of hydrogen-bond donors (Lipinski definition) is 1. The van der Waals surface area contributed by atoms with Gasteiger partial charge in [-0.25, -0.2) is 8.98 Å². The van der Waals surface area contributed by atoms with Crippen molar-refractivity contribution in [3.8, 4) is 0 Å². The van der Waals surface area contributed by atoms with Gasteiger partial charge in [-0.3, -0.25) is 0 Å². The van der Waals surface area contributed by atoms with E-state index in [2.05, 4.69) is 0 Å². The molecule has 0 bridgehead atoms. The average molecular weight is 320 g/mol. The number of aliphatic carboxylic acids is 1. The van der Waals surface area contributed by atoms with Crippen LogP contribution in [-0.2, 0) is 24.7 Å². The Hall–Kier alpha value is -2.18. The normalized spacial score (nSPS) is 14.3. The summed E-state index contributed by atoms with van der Waals surface area (Å²) in [5.41, 5.74) is -0.855. The minimum atomic E-state index is -4.21. The zero-order chi connectivity index (χ0) is 16.4. The molecular weight excluding hydrogens is 304 g/mol. The van der Waals surface area contributed by atoms with Crippen molar-refractivity contribution in [1.82, 2.24) is 0 Å². The summed E-state index contributed by atoms with van der Waals surface area (Å²) < 4.78 is 29.8. The molecule has 0 fully saturated rings. The van der Waals surface area contributed by atoms with Crippen molar-refractivity contribution >= 4 is 16.1 Å². The predicted molar refractivity (Wildman–Crippen MR) is 80.9 cm³/mol. The van der Waals surface area contributed by atoms with E-state index < -0.39 is 21.7 Å². The molecule has 0 unspecified atom stereocenters. The first-order chi connectivity index (χ1) is 10.3. The zero-order valence-corrected chi connectivity index (χ0v) is 13.0. The van der Waals surface area contributed by atoms with Gasteiger partial charge in [-0.1, -0.05) is 48.0 Å². The molecule has 0 heterocycles. The molecule has 2 rings (SSSR count). The van der Waals surface area contributed by atoms with Gasteiger partial charge in [0.15, 0.2) is 0 Å². The molecule has 0 aromatic heterocycles. The van der Waals surface area contributed by atoms with E-state index in [1.165, 1.54) is 31.2 Å². The minimum Gasteiger partial charge on any atom is -0.479 e. The SMILES string of the molecule is Cc1ccc(S(=O)(=O)O[C@@](C)(C(=O)O)c2ccccc2)cc1. The van der Waals surface area contributed by atoms with Crippen LogP contribution in [0, 0.1) is 6.92 Å². The molecule has 1 N–H and O–H groups in total. The first-order valence-corrected chi connectivity index (χ1v) is 7.98. The van der Waals surface area contributed by atoms with Crippen molar-refractivity contribution in [2.45, 2.75) is 24.3 Å². The van der Waals surface area contributed by atoms with Crippen LogP contribution in [-0.4, -0.2) is 19.5 Å². The Labute approximate surface area is 129 Å². The first kappa shape index (κ1) is 16.2. The lowest BCUT2D eigenvalue weighted by Crippen LogP contribution is -2.37. The van der Waals surface area contributed by atoms with Gasteiger partial charge in [0, 0.05) is 0 Å². The molecule has 0 radical (unpaired) electrons. The largest absolute Gasteiger partial charge is 0.479 e. The molecule has 0 saturated heterocycles. The lowest BCUT2D eigenvalue weighted by atomic mass is 9.97. The molecule has 0 amide bonds. The molecule has 0 aliphatic heterocycles. The van der Waals surface area contributed by atoms with E-state index in [1.54, 1.807) is 30.3 Å².